The zero-order valence-corrected chi connectivity index (χ0v) is 5.64. The smallest absolute Gasteiger partial charge is 0.0168 e. The maximum Gasteiger partial charge on any atom is -0.0168 e. The highest BCUT2D eigenvalue weighted by Gasteiger charge is 2.44. The molecule has 4 aliphatic carbocycles. The molecule has 0 amide bonds. The summed E-state index contributed by atoms with van der Waals surface area (Å²) in [5.74, 6) is 3.31. The number of allylic oxidation sites excluding steroid dienone is 2. The molecule has 0 spiro atoms. The number of hydrogen-bond donors (Lipinski definition) is 0. The van der Waals surface area contributed by atoms with E-state index < -0.39 is 0 Å². The minimum absolute atomic E-state index is 1.06. The Bertz CT molecular complexity index is 166. The standard InChI is InChI=1S/C9H12/c1-2-7(1)9-5-6-3-8(9)4-6/h5,7-9H,1-4H2. The van der Waals surface area contributed by atoms with Crippen molar-refractivity contribution in [1.29, 1.82) is 0 Å². The van der Waals surface area contributed by atoms with Crippen LogP contribution in [0.4, 0.5) is 0 Å². The molecular formula is C9H12. The van der Waals surface area contributed by atoms with Crippen molar-refractivity contribution >= 4 is 0 Å². The molecule has 0 heterocycles. The van der Waals surface area contributed by atoms with E-state index in [1.807, 2.05) is 0 Å². The minimum atomic E-state index is 1.06. The third-order valence-electron chi connectivity index (χ3n) is 3.19. The van der Waals surface area contributed by atoms with Crippen molar-refractivity contribution < 1.29 is 0 Å². The van der Waals surface area contributed by atoms with Crippen LogP contribution in [-0.2, 0) is 0 Å². The highest BCUT2D eigenvalue weighted by Crippen LogP contribution is 2.55. The van der Waals surface area contributed by atoms with Crippen LogP contribution in [0.3, 0.4) is 0 Å². The second kappa shape index (κ2) is 1.25. The Kier molecular flexibility index (Phi) is 0.633. The minimum Gasteiger partial charge on any atom is -0.0816 e. The fraction of sp³-hybridized carbons (Fsp3) is 0.778. The van der Waals surface area contributed by atoms with Crippen molar-refractivity contribution in [2.75, 3.05) is 0 Å². The van der Waals surface area contributed by atoms with Crippen LogP contribution in [0.5, 0.6) is 0 Å². The average molecular weight is 120 g/mol. The molecule has 4 rings (SSSR count). The summed E-state index contributed by atoms with van der Waals surface area (Å²) < 4.78 is 0. The molecule has 2 fully saturated rings. The molecule has 0 aromatic heterocycles. The molecule has 2 bridgehead atoms. The van der Waals surface area contributed by atoms with E-state index in [0.29, 0.717) is 0 Å². The lowest BCUT2D eigenvalue weighted by Gasteiger charge is -2.23. The fourth-order valence-corrected chi connectivity index (χ4v) is 2.43. The van der Waals surface area contributed by atoms with Crippen LogP contribution >= 0.6 is 0 Å². The highest BCUT2D eigenvalue weighted by molar-refractivity contribution is 5.26. The molecule has 0 nitrogen and oxygen atoms in total. The molecule has 1 atom stereocenters. The van der Waals surface area contributed by atoms with Crippen molar-refractivity contribution in [3.05, 3.63) is 11.6 Å². The summed E-state index contributed by atoms with van der Waals surface area (Å²) in [4.78, 5) is 0. The molecule has 0 saturated heterocycles. The second-order valence-electron chi connectivity index (χ2n) is 3.91. The van der Waals surface area contributed by atoms with E-state index in [2.05, 4.69) is 6.08 Å². The molecular weight excluding hydrogens is 108 g/mol. The maximum atomic E-state index is 2.57. The molecule has 1 unspecified atom stereocenters. The van der Waals surface area contributed by atoms with Gasteiger partial charge >= 0.3 is 0 Å². The van der Waals surface area contributed by atoms with Crippen LogP contribution in [-0.4, -0.2) is 0 Å². The van der Waals surface area contributed by atoms with Gasteiger partial charge in [0.25, 0.3) is 0 Å². The van der Waals surface area contributed by atoms with Gasteiger partial charge in [-0.05, 0) is 43.4 Å². The van der Waals surface area contributed by atoms with Gasteiger partial charge in [0.15, 0.2) is 0 Å². The molecule has 0 N–H and O–H groups in total. The van der Waals surface area contributed by atoms with Gasteiger partial charge in [0.05, 0.1) is 0 Å². The summed E-state index contributed by atoms with van der Waals surface area (Å²) in [6, 6.07) is 0. The van der Waals surface area contributed by atoms with Gasteiger partial charge in [-0.3, -0.25) is 0 Å². The normalized spacial score (nSPS) is 46.4. The van der Waals surface area contributed by atoms with E-state index >= 15 is 0 Å². The summed E-state index contributed by atoms with van der Waals surface area (Å²) in [5, 5.41) is 0. The van der Waals surface area contributed by atoms with E-state index in [1.54, 1.807) is 5.57 Å². The monoisotopic (exact) mass is 120 g/mol. The van der Waals surface area contributed by atoms with E-state index in [4.69, 9.17) is 0 Å². The van der Waals surface area contributed by atoms with Crippen molar-refractivity contribution in [2.45, 2.75) is 25.7 Å². The molecule has 0 aromatic carbocycles. The summed E-state index contributed by atoms with van der Waals surface area (Å²) in [5.41, 5.74) is 1.77. The summed E-state index contributed by atoms with van der Waals surface area (Å²) in [7, 11) is 0. The molecule has 0 aliphatic heterocycles. The van der Waals surface area contributed by atoms with Crippen LogP contribution in [0.2, 0.25) is 0 Å². The topological polar surface area (TPSA) is 0 Å². The summed E-state index contributed by atoms with van der Waals surface area (Å²) in [6.07, 6.45) is 8.58. The van der Waals surface area contributed by atoms with Crippen LogP contribution < -0.4 is 0 Å². The Labute approximate surface area is 56.0 Å². The van der Waals surface area contributed by atoms with E-state index in [-0.39, 0.29) is 0 Å². The first kappa shape index (κ1) is 4.54. The fourth-order valence-electron chi connectivity index (χ4n) is 2.43. The van der Waals surface area contributed by atoms with Crippen LogP contribution in [0.25, 0.3) is 0 Å². The zero-order valence-electron chi connectivity index (χ0n) is 5.64. The molecule has 9 heavy (non-hydrogen) atoms. The largest absolute Gasteiger partial charge is 0.0816 e. The van der Waals surface area contributed by atoms with Crippen molar-refractivity contribution in [3.8, 4) is 0 Å². The lowest BCUT2D eigenvalue weighted by molar-refractivity contribution is 0.341. The van der Waals surface area contributed by atoms with E-state index in [9.17, 15) is 0 Å². The quantitative estimate of drug-likeness (QED) is 0.466. The predicted octanol–water partition coefficient (Wildman–Crippen LogP) is 2.36. The first-order valence-corrected chi connectivity index (χ1v) is 4.13. The SMILES string of the molecule is C1=C2CC(C2)C1C1CC1. The Hall–Kier alpha value is -0.260. The Morgan fingerprint density at radius 1 is 1.11 bits per heavy atom. The number of hydrogen-bond acceptors (Lipinski definition) is 0. The molecule has 4 aliphatic rings. The van der Waals surface area contributed by atoms with Crippen LogP contribution in [0, 0.1) is 17.8 Å². The van der Waals surface area contributed by atoms with Gasteiger partial charge in [0, 0.05) is 0 Å². The highest BCUT2D eigenvalue weighted by atomic mass is 14.5. The lowest BCUT2D eigenvalue weighted by atomic mass is 9.81. The van der Waals surface area contributed by atoms with Gasteiger partial charge in [0.2, 0.25) is 0 Å². The van der Waals surface area contributed by atoms with Gasteiger partial charge in [-0.2, -0.15) is 0 Å². The van der Waals surface area contributed by atoms with Crippen LogP contribution in [0.15, 0.2) is 11.6 Å². The predicted molar refractivity (Wildman–Crippen MR) is 37.0 cm³/mol. The number of rotatable bonds is 1. The first-order chi connectivity index (χ1) is 4.43. The summed E-state index contributed by atoms with van der Waals surface area (Å²) >= 11 is 0. The maximum absolute atomic E-state index is 2.57. The zero-order chi connectivity index (χ0) is 5.84. The van der Waals surface area contributed by atoms with Crippen LogP contribution in [0.1, 0.15) is 25.7 Å². The molecule has 0 heteroatoms. The average Bonchev–Trinajstić information content (AvgIpc) is 2.41. The molecule has 2 saturated carbocycles. The van der Waals surface area contributed by atoms with Gasteiger partial charge < -0.3 is 0 Å². The van der Waals surface area contributed by atoms with E-state index in [1.165, 1.54) is 25.7 Å². The van der Waals surface area contributed by atoms with Gasteiger partial charge in [-0.25, -0.2) is 0 Å². The van der Waals surface area contributed by atoms with Gasteiger partial charge in [-0.1, -0.05) is 11.6 Å². The number of fused-ring (bicyclic) bond motifs is 1. The Balaban J connectivity index is 1.87. The molecule has 0 aromatic rings. The first-order valence-electron chi connectivity index (χ1n) is 4.13. The summed E-state index contributed by atoms with van der Waals surface area (Å²) in [6.45, 7) is 0. The van der Waals surface area contributed by atoms with Gasteiger partial charge in [-0.15, -0.1) is 0 Å². The van der Waals surface area contributed by atoms with Gasteiger partial charge in [0.1, 0.15) is 0 Å². The van der Waals surface area contributed by atoms with Crippen molar-refractivity contribution in [1.82, 2.24) is 0 Å². The van der Waals surface area contributed by atoms with Crippen molar-refractivity contribution in [3.63, 3.8) is 0 Å². The van der Waals surface area contributed by atoms with E-state index in [0.717, 1.165) is 17.8 Å². The molecule has 0 radical (unpaired) electrons. The third-order valence-corrected chi connectivity index (χ3v) is 3.19. The third kappa shape index (κ3) is 0.493. The Morgan fingerprint density at radius 2 is 1.89 bits per heavy atom. The van der Waals surface area contributed by atoms with Crippen molar-refractivity contribution in [2.24, 2.45) is 17.8 Å². The molecule has 48 valence electrons. The lowest BCUT2D eigenvalue weighted by Crippen LogP contribution is -2.14. The second-order valence-corrected chi connectivity index (χ2v) is 3.91. The Morgan fingerprint density at radius 3 is 2.33 bits per heavy atom.